The summed E-state index contributed by atoms with van der Waals surface area (Å²) >= 11 is 0. The third-order valence-corrected chi connectivity index (χ3v) is 2.07. The summed E-state index contributed by atoms with van der Waals surface area (Å²) in [6.07, 6.45) is 0. The summed E-state index contributed by atoms with van der Waals surface area (Å²) in [6, 6.07) is 17.7. The summed E-state index contributed by atoms with van der Waals surface area (Å²) in [6.45, 7) is 2.05. The van der Waals surface area contributed by atoms with E-state index in [1.54, 1.807) is 0 Å². The van der Waals surface area contributed by atoms with Gasteiger partial charge in [-0.1, -0.05) is 35.9 Å². The van der Waals surface area contributed by atoms with Crippen LogP contribution in [0.4, 0.5) is 11.4 Å². The van der Waals surface area contributed by atoms with Crippen LogP contribution in [-0.2, 0) is 0 Å². The Balaban J connectivity index is 2.15. The molecule has 0 atom stereocenters. The maximum atomic E-state index is 4.14. The summed E-state index contributed by atoms with van der Waals surface area (Å²) in [5, 5.41) is 8.27. The van der Waals surface area contributed by atoms with Gasteiger partial charge in [0.2, 0.25) is 0 Å². The second kappa shape index (κ2) is 4.51. The van der Waals surface area contributed by atoms with Crippen molar-refractivity contribution in [3.8, 4) is 0 Å². The lowest BCUT2D eigenvalue weighted by Gasteiger charge is -1.93. The summed E-state index contributed by atoms with van der Waals surface area (Å²) in [7, 11) is 0. The Morgan fingerprint density at radius 3 is 1.80 bits per heavy atom. The van der Waals surface area contributed by atoms with Gasteiger partial charge in [-0.05, 0) is 31.2 Å². The van der Waals surface area contributed by atoms with Gasteiger partial charge in [-0.15, -0.1) is 0 Å². The minimum atomic E-state index is 0.873. The topological polar surface area (TPSA) is 24.7 Å². The molecule has 0 saturated heterocycles. The number of nitrogens with zero attached hydrogens (tertiary/aromatic N) is 2. The third-order valence-electron chi connectivity index (χ3n) is 2.07. The van der Waals surface area contributed by atoms with E-state index >= 15 is 0 Å². The maximum Gasteiger partial charge on any atom is 0.0857 e. The molecule has 0 aliphatic carbocycles. The smallest absolute Gasteiger partial charge is 0.0857 e. The Bertz CT molecular complexity index is 444. The summed E-state index contributed by atoms with van der Waals surface area (Å²) in [4.78, 5) is 0. The van der Waals surface area contributed by atoms with Gasteiger partial charge >= 0.3 is 0 Å². The van der Waals surface area contributed by atoms with Crippen molar-refractivity contribution in [3.63, 3.8) is 0 Å². The molecule has 0 amide bonds. The monoisotopic (exact) mass is 196 g/mol. The highest BCUT2D eigenvalue weighted by Crippen LogP contribution is 2.17. The molecule has 2 aromatic carbocycles. The van der Waals surface area contributed by atoms with E-state index in [2.05, 4.69) is 17.2 Å². The molecule has 0 radical (unpaired) electrons. The Hall–Kier alpha value is -1.96. The fourth-order valence-electron chi connectivity index (χ4n) is 1.22. The molecule has 0 aliphatic rings. The van der Waals surface area contributed by atoms with Crippen molar-refractivity contribution in [2.24, 2.45) is 10.2 Å². The van der Waals surface area contributed by atoms with E-state index in [9.17, 15) is 0 Å². The SMILES string of the molecule is Cc1ccc(N=Nc2ccccc2)cc1. The predicted molar refractivity (Wildman–Crippen MR) is 61.8 cm³/mol. The van der Waals surface area contributed by atoms with Crippen LogP contribution in [0.15, 0.2) is 64.8 Å². The normalized spacial score (nSPS) is 10.7. The molecule has 2 rings (SSSR count). The van der Waals surface area contributed by atoms with Gasteiger partial charge in [-0.25, -0.2) is 0 Å². The van der Waals surface area contributed by atoms with Crippen LogP contribution >= 0.6 is 0 Å². The van der Waals surface area contributed by atoms with Crippen molar-refractivity contribution >= 4 is 11.4 Å². The molecule has 0 unspecified atom stereocenters. The first kappa shape index (κ1) is 9.59. The molecular formula is C13H12N2. The molecule has 0 saturated carbocycles. The molecule has 0 bridgehead atoms. The van der Waals surface area contributed by atoms with Gasteiger partial charge in [0.1, 0.15) is 0 Å². The zero-order chi connectivity index (χ0) is 10.5. The fourth-order valence-corrected chi connectivity index (χ4v) is 1.22. The van der Waals surface area contributed by atoms with E-state index in [0.717, 1.165) is 11.4 Å². The van der Waals surface area contributed by atoms with Crippen molar-refractivity contribution in [2.75, 3.05) is 0 Å². The molecule has 2 nitrogen and oxygen atoms in total. The van der Waals surface area contributed by atoms with E-state index in [4.69, 9.17) is 0 Å². The Labute approximate surface area is 89.3 Å². The first-order valence-corrected chi connectivity index (χ1v) is 4.88. The first-order chi connectivity index (χ1) is 7.34. The van der Waals surface area contributed by atoms with Crippen molar-refractivity contribution < 1.29 is 0 Å². The van der Waals surface area contributed by atoms with Crippen molar-refractivity contribution in [1.29, 1.82) is 0 Å². The summed E-state index contributed by atoms with van der Waals surface area (Å²) < 4.78 is 0. The molecule has 74 valence electrons. The van der Waals surface area contributed by atoms with E-state index in [1.807, 2.05) is 54.6 Å². The maximum absolute atomic E-state index is 4.14. The van der Waals surface area contributed by atoms with Gasteiger partial charge in [-0.2, -0.15) is 10.2 Å². The predicted octanol–water partition coefficient (Wildman–Crippen LogP) is 4.41. The van der Waals surface area contributed by atoms with Crippen LogP contribution in [0, 0.1) is 6.92 Å². The number of aryl methyl sites for hydroxylation is 1. The highest BCUT2D eigenvalue weighted by molar-refractivity contribution is 5.40. The molecule has 0 fully saturated rings. The average molecular weight is 196 g/mol. The fraction of sp³-hybridized carbons (Fsp3) is 0.0769. The standard InChI is InChI=1S/C13H12N2/c1-11-7-9-13(10-8-11)15-14-12-5-3-2-4-6-12/h2-10H,1H3. The quantitative estimate of drug-likeness (QED) is 0.635. The van der Waals surface area contributed by atoms with E-state index < -0.39 is 0 Å². The molecule has 2 aromatic rings. The number of hydrogen-bond acceptors (Lipinski definition) is 2. The van der Waals surface area contributed by atoms with Crippen LogP contribution in [0.2, 0.25) is 0 Å². The van der Waals surface area contributed by atoms with Gasteiger partial charge in [0, 0.05) is 0 Å². The number of azo groups is 1. The van der Waals surface area contributed by atoms with Crippen LogP contribution in [0.5, 0.6) is 0 Å². The van der Waals surface area contributed by atoms with Gasteiger partial charge in [0.25, 0.3) is 0 Å². The third kappa shape index (κ3) is 2.74. The van der Waals surface area contributed by atoms with E-state index in [-0.39, 0.29) is 0 Å². The number of benzene rings is 2. The zero-order valence-electron chi connectivity index (χ0n) is 8.59. The number of hydrogen-bond donors (Lipinski definition) is 0. The van der Waals surface area contributed by atoms with Crippen molar-refractivity contribution in [3.05, 3.63) is 60.2 Å². The zero-order valence-corrected chi connectivity index (χ0v) is 8.59. The lowest BCUT2D eigenvalue weighted by Crippen LogP contribution is -1.68. The van der Waals surface area contributed by atoms with Gasteiger partial charge in [0.15, 0.2) is 0 Å². The van der Waals surface area contributed by atoms with E-state index in [0.29, 0.717) is 0 Å². The van der Waals surface area contributed by atoms with Crippen LogP contribution in [-0.4, -0.2) is 0 Å². The van der Waals surface area contributed by atoms with Crippen molar-refractivity contribution in [2.45, 2.75) is 6.92 Å². The molecular weight excluding hydrogens is 184 g/mol. The van der Waals surface area contributed by atoms with Gasteiger partial charge < -0.3 is 0 Å². The Morgan fingerprint density at radius 1 is 0.667 bits per heavy atom. The second-order valence-corrected chi connectivity index (χ2v) is 3.37. The minimum absolute atomic E-state index is 0.873. The van der Waals surface area contributed by atoms with Gasteiger partial charge in [0.05, 0.1) is 11.4 Å². The Kier molecular flexibility index (Phi) is 2.88. The molecule has 0 spiro atoms. The first-order valence-electron chi connectivity index (χ1n) is 4.88. The number of rotatable bonds is 2. The summed E-state index contributed by atoms with van der Waals surface area (Å²) in [5.41, 5.74) is 2.98. The molecule has 0 aliphatic heterocycles. The van der Waals surface area contributed by atoms with Crippen molar-refractivity contribution in [1.82, 2.24) is 0 Å². The lowest BCUT2D eigenvalue weighted by atomic mass is 10.2. The van der Waals surface area contributed by atoms with Crippen LogP contribution in [0.25, 0.3) is 0 Å². The highest BCUT2D eigenvalue weighted by Gasteiger charge is 1.89. The second-order valence-electron chi connectivity index (χ2n) is 3.37. The highest BCUT2D eigenvalue weighted by atomic mass is 15.1. The van der Waals surface area contributed by atoms with Gasteiger partial charge in [-0.3, -0.25) is 0 Å². The van der Waals surface area contributed by atoms with E-state index in [1.165, 1.54) is 5.56 Å². The lowest BCUT2D eigenvalue weighted by molar-refractivity contribution is 1.23. The minimum Gasteiger partial charge on any atom is -0.151 e. The van der Waals surface area contributed by atoms with Crippen LogP contribution in [0.1, 0.15) is 5.56 Å². The molecule has 0 aromatic heterocycles. The molecule has 2 heteroatoms. The molecule has 0 N–H and O–H groups in total. The Morgan fingerprint density at radius 2 is 1.20 bits per heavy atom. The summed E-state index contributed by atoms with van der Waals surface area (Å²) in [5.74, 6) is 0. The average Bonchev–Trinajstić information content (AvgIpc) is 2.30. The molecule has 0 heterocycles. The van der Waals surface area contributed by atoms with Crippen LogP contribution in [0.3, 0.4) is 0 Å². The largest absolute Gasteiger partial charge is 0.151 e. The molecule has 15 heavy (non-hydrogen) atoms. The van der Waals surface area contributed by atoms with Crippen LogP contribution < -0.4 is 0 Å².